The Morgan fingerprint density at radius 3 is 2.14 bits per heavy atom. The molecule has 0 spiro atoms. The van der Waals surface area contributed by atoms with Gasteiger partial charge in [-0.25, -0.2) is 0 Å². The lowest BCUT2D eigenvalue weighted by Gasteiger charge is -2.38. The average Bonchev–Trinajstić information content (AvgIpc) is 1.78. The van der Waals surface area contributed by atoms with Crippen LogP contribution in [0.25, 0.3) is 0 Å². The van der Waals surface area contributed by atoms with E-state index in [0.717, 1.165) is 0 Å². The number of alkyl halides is 1. The van der Waals surface area contributed by atoms with E-state index in [0.29, 0.717) is 5.05 Å². The first-order valence-corrected chi connectivity index (χ1v) is 9.04. The van der Waals surface area contributed by atoms with Gasteiger partial charge in [0.25, 0.3) is 0 Å². The summed E-state index contributed by atoms with van der Waals surface area (Å²) < 4.78 is 11.3. The lowest BCUT2D eigenvalue weighted by molar-refractivity contribution is 0.174. The summed E-state index contributed by atoms with van der Waals surface area (Å²) in [6, 6.07) is 0. The van der Waals surface area contributed by atoms with Crippen LogP contribution in [-0.4, -0.2) is 22.7 Å². The smallest absolute Gasteiger partial charge is 0.244 e. The minimum atomic E-state index is -1.88. The predicted octanol–water partition coefficient (Wildman–Crippen LogP) is 3.67. The van der Waals surface area contributed by atoms with Gasteiger partial charge in [-0.3, -0.25) is 0 Å². The van der Waals surface area contributed by atoms with Crippen molar-refractivity contribution < 1.29 is 9.16 Å². The van der Waals surface area contributed by atoms with Crippen molar-refractivity contribution in [1.82, 2.24) is 0 Å². The first-order valence-electron chi connectivity index (χ1n) is 4.65. The van der Waals surface area contributed by atoms with Crippen LogP contribution >= 0.6 is 34.8 Å². The molecule has 0 aliphatic rings. The van der Waals surface area contributed by atoms with Gasteiger partial charge in [-0.2, -0.15) is 0 Å². The van der Waals surface area contributed by atoms with E-state index < -0.39 is 8.32 Å². The molecule has 5 heteroatoms. The molecular weight excluding hydrogens is 327 g/mol. The Bertz CT molecular complexity index is 217. The van der Waals surface area contributed by atoms with Crippen molar-refractivity contribution in [3.8, 4) is 0 Å². The molecule has 0 radical (unpaired) electrons. The molecule has 1 unspecified atom stereocenters. The Labute approximate surface area is 107 Å². The Hall–Kier alpha value is 0.797. The van der Waals surface area contributed by atoms with Crippen molar-refractivity contribution in [3.63, 3.8) is 0 Å². The molecule has 0 aromatic carbocycles. The van der Waals surface area contributed by atoms with Crippen molar-refractivity contribution in [2.45, 2.75) is 50.1 Å². The molecule has 0 aliphatic carbocycles. The second-order valence-electron chi connectivity index (χ2n) is 4.19. The molecule has 0 aromatic heterocycles. The highest BCUT2D eigenvalue weighted by Crippen LogP contribution is 2.33. The molecule has 2 nitrogen and oxygen atoms in total. The molecular formula is C9H19IO2SSi. The summed E-state index contributed by atoms with van der Waals surface area (Å²) in [7, 11) is -1.88. The molecule has 0 rings (SSSR count). The highest BCUT2D eigenvalue weighted by molar-refractivity contribution is 14.1. The third kappa shape index (κ3) is 4.54. The van der Waals surface area contributed by atoms with Gasteiger partial charge in [0.2, 0.25) is 8.32 Å². The third-order valence-electron chi connectivity index (χ3n) is 1.94. The molecule has 0 amide bonds. The molecule has 0 aliphatic heterocycles. The Morgan fingerprint density at radius 2 is 1.86 bits per heavy atom. The molecule has 84 valence electrons. The Balaban J connectivity index is 4.59. The number of thiocarbonyl (C=S) groups is 1. The fraction of sp³-hybridized carbons (Fsp3) is 0.889. The van der Waals surface area contributed by atoms with Gasteiger partial charge >= 0.3 is 0 Å². The molecule has 0 saturated heterocycles. The van der Waals surface area contributed by atoms with Crippen LogP contribution in [0, 0.1) is 0 Å². The van der Waals surface area contributed by atoms with Crippen molar-refractivity contribution in [2.24, 2.45) is 0 Å². The lowest BCUT2D eigenvalue weighted by Crippen LogP contribution is -2.53. The first-order chi connectivity index (χ1) is 6.08. The highest BCUT2D eigenvalue weighted by atomic mass is 127. The van der Waals surface area contributed by atoms with Gasteiger partial charge < -0.3 is 9.16 Å². The fourth-order valence-electron chi connectivity index (χ4n) is 1.09. The van der Waals surface area contributed by atoms with Gasteiger partial charge in [0.05, 0.1) is 0 Å². The maximum Gasteiger partial charge on any atom is 0.244 e. The number of hydrogen-bond acceptors (Lipinski definition) is 3. The molecule has 0 aromatic rings. The standard InChI is InChI=1S/C9H19IO2SSi/c1-7(2)12-14(5,6)9(4,10)11-8(3)13/h7H,1-6H3. The van der Waals surface area contributed by atoms with Crippen LogP contribution in [0.4, 0.5) is 0 Å². The van der Waals surface area contributed by atoms with Crippen LogP contribution in [0.2, 0.25) is 13.1 Å². The molecule has 14 heavy (non-hydrogen) atoms. The van der Waals surface area contributed by atoms with Crippen LogP contribution in [0.3, 0.4) is 0 Å². The van der Waals surface area contributed by atoms with Crippen LogP contribution in [0.5, 0.6) is 0 Å². The molecule has 0 heterocycles. The molecule has 1 atom stereocenters. The molecule has 0 saturated carbocycles. The van der Waals surface area contributed by atoms with E-state index in [1.165, 1.54) is 0 Å². The monoisotopic (exact) mass is 346 g/mol. The van der Waals surface area contributed by atoms with Gasteiger partial charge in [-0.15, -0.1) is 0 Å². The van der Waals surface area contributed by atoms with E-state index in [2.05, 4.69) is 35.7 Å². The summed E-state index contributed by atoms with van der Waals surface area (Å²) >= 11 is 7.26. The van der Waals surface area contributed by atoms with Gasteiger partial charge in [-0.1, -0.05) is 0 Å². The zero-order chi connectivity index (χ0) is 11.6. The average molecular weight is 346 g/mol. The van der Waals surface area contributed by atoms with Crippen LogP contribution in [0.1, 0.15) is 27.7 Å². The zero-order valence-electron chi connectivity index (χ0n) is 9.68. The van der Waals surface area contributed by atoms with Crippen molar-refractivity contribution in [1.29, 1.82) is 0 Å². The maximum absolute atomic E-state index is 5.95. The predicted molar refractivity (Wildman–Crippen MR) is 75.5 cm³/mol. The summed E-state index contributed by atoms with van der Waals surface area (Å²) in [6.07, 6.45) is 0.236. The number of halogens is 1. The van der Waals surface area contributed by atoms with E-state index in [4.69, 9.17) is 21.4 Å². The number of hydrogen-bond donors (Lipinski definition) is 0. The summed E-state index contributed by atoms with van der Waals surface area (Å²) in [5.74, 6) is 0. The minimum absolute atomic E-state index is 0.236. The van der Waals surface area contributed by atoms with Gasteiger partial charge in [0.15, 0.2) is 8.28 Å². The van der Waals surface area contributed by atoms with Crippen LogP contribution < -0.4 is 0 Å². The molecule has 0 N–H and O–H groups in total. The van der Waals surface area contributed by atoms with Crippen molar-refractivity contribution in [3.05, 3.63) is 0 Å². The van der Waals surface area contributed by atoms with Crippen LogP contribution in [0.15, 0.2) is 0 Å². The minimum Gasteiger partial charge on any atom is -0.472 e. The Morgan fingerprint density at radius 1 is 1.43 bits per heavy atom. The van der Waals surface area contributed by atoms with Gasteiger partial charge in [0.1, 0.15) is 0 Å². The second-order valence-corrected chi connectivity index (χ2v) is 12.0. The quantitative estimate of drug-likeness (QED) is 0.335. The third-order valence-corrected chi connectivity index (χ3v) is 9.46. The van der Waals surface area contributed by atoms with E-state index >= 15 is 0 Å². The normalized spacial score (nSPS) is 16.6. The van der Waals surface area contributed by atoms with Gasteiger partial charge in [-0.05, 0) is 68.7 Å². The topological polar surface area (TPSA) is 18.5 Å². The van der Waals surface area contributed by atoms with E-state index in [1.54, 1.807) is 6.92 Å². The summed E-state index contributed by atoms with van der Waals surface area (Å²) in [5.41, 5.74) is 0. The highest BCUT2D eigenvalue weighted by Gasteiger charge is 2.46. The molecule has 0 bridgehead atoms. The number of ether oxygens (including phenoxy) is 1. The first kappa shape index (κ1) is 14.8. The second kappa shape index (κ2) is 5.22. The van der Waals surface area contributed by atoms with Crippen molar-refractivity contribution in [2.75, 3.05) is 0 Å². The zero-order valence-corrected chi connectivity index (χ0v) is 13.7. The van der Waals surface area contributed by atoms with Crippen LogP contribution in [-0.2, 0) is 9.16 Å². The van der Waals surface area contributed by atoms with E-state index in [-0.39, 0.29) is 9.34 Å². The SMILES string of the molecule is CC(=S)OC(C)(I)[Si](C)(C)OC(C)C. The van der Waals surface area contributed by atoms with Crippen molar-refractivity contribution >= 4 is 48.2 Å². The van der Waals surface area contributed by atoms with E-state index in [9.17, 15) is 0 Å². The van der Waals surface area contributed by atoms with E-state index in [1.807, 2.05) is 20.8 Å². The summed E-state index contributed by atoms with van der Waals surface area (Å²) in [6.45, 7) is 12.2. The summed E-state index contributed by atoms with van der Waals surface area (Å²) in [4.78, 5) is 0. The Kier molecular flexibility index (Phi) is 5.52. The molecule has 0 fully saturated rings. The number of rotatable bonds is 4. The maximum atomic E-state index is 5.95. The summed E-state index contributed by atoms with van der Waals surface area (Å²) in [5, 5.41) is 0.579. The van der Waals surface area contributed by atoms with Gasteiger partial charge in [0, 0.05) is 13.0 Å². The fourth-order valence-corrected chi connectivity index (χ4v) is 3.98. The lowest BCUT2D eigenvalue weighted by atomic mass is 10.5. The largest absolute Gasteiger partial charge is 0.472 e.